The van der Waals surface area contributed by atoms with E-state index < -0.39 is 0 Å². The normalized spacial score (nSPS) is 18.2. The Bertz CT molecular complexity index is 857. The zero-order valence-corrected chi connectivity index (χ0v) is 9.04. The first-order chi connectivity index (χ1) is 9.77. The highest BCUT2D eigenvalue weighted by molar-refractivity contribution is 14.1. The second-order valence-corrected chi connectivity index (χ2v) is 3.89. The molecule has 1 N–H and O–H groups in total. The summed E-state index contributed by atoms with van der Waals surface area (Å²) in [6.45, 7) is 0. The van der Waals surface area contributed by atoms with E-state index in [1.165, 1.54) is 0 Å². The molecule has 0 aliphatic carbocycles. The highest BCUT2D eigenvalue weighted by atomic mass is 127. The molecule has 0 atom stereocenters. The van der Waals surface area contributed by atoms with Crippen molar-refractivity contribution in [3.8, 4) is 0 Å². The Morgan fingerprint density at radius 3 is 2.71 bits per heavy atom. The van der Waals surface area contributed by atoms with Crippen LogP contribution >= 0.6 is 22.6 Å². The Kier molecular flexibility index (Phi) is 0.821. The number of rotatable bonds is 0. The molecule has 0 fully saturated rings. The van der Waals surface area contributed by atoms with E-state index in [4.69, 9.17) is 9.60 Å². The van der Waals surface area contributed by atoms with Gasteiger partial charge in [-0.2, -0.15) is 0 Å². The smallest absolute Gasteiger partial charge is 0.0645 e. The van der Waals surface area contributed by atoms with Gasteiger partial charge >= 0.3 is 0 Å². The van der Waals surface area contributed by atoms with Crippen LogP contribution in [0, 0.1) is 3.57 Å². The van der Waals surface area contributed by atoms with Gasteiger partial charge < -0.3 is 4.98 Å². The van der Waals surface area contributed by atoms with Crippen molar-refractivity contribution in [3.05, 3.63) is 45.9 Å². The number of aromatic nitrogens is 1. The van der Waals surface area contributed by atoms with E-state index in [1.54, 1.807) is 0 Å². The van der Waals surface area contributed by atoms with E-state index in [-0.39, 0.29) is 64.1 Å². The van der Waals surface area contributed by atoms with Gasteiger partial charge in [0.1, 0.15) is 0 Å². The van der Waals surface area contributed by atoms with Crippen LogP contribution in [-0.2, 0) is 0 Å². The Morgan fingerprint density at radius 1 is 1.00 bits per heavy atom. The summed E-state index contributed by atoms with van der Waals surface area (Å²) in [4.78, 5) is 2.79. The number of nitrogens with one attached hydrogen (secondary N) is 1. The number of hydrogen-bond donors (Lipinski definition) is 1. The maximum Gasteiger partial charge on any atom is 0.0645 e. The largest absolute Gasteiger partial charge is 0.355 e. The third-order valence-corrected chi connectivity index (χ3v) is 2.51. The molecule has 0 aliphatic heterocycles. The lowest BCUT2D eigenvalue weighted by molar-refractivity contribution is 1.54. The molecule has 0 radical (unpaired) electrons. The van der Waals surface area contributed by atoms with Crippen molar-refractivity contribution in [3.63, 3.8) is 0 Å². The number of H-pyrrole nitrogens is 1. The lowest BCUT2D eigenvalue weighted by Gasteiger charge is -1.91. The van der Waals surface area contributed by atoms with Crippen LogP contribution in [0.4, 0.5) is 0 Å². The monoisotopic (exact) mass is 300 g/mol. The van der Waals surface area contributed by atoms with Crippen molar-refractivity contribution >= 4 is 44.4 Å². The lowest BCUT2D eigenvalue weighted by atomic mass is 10.2. The first-order valence-corrected chi connectivity index (χ1v) is 5.02. The van der Waals surface area contributed by atoms with Gasteiger partial charge in [0.15, 0.2) is 0 Å². The van der Waals surface area contributed by atoms with Crippen LogP contribution in [0.1, 0.15) is 9.60 Å². The highest BCUT2D eigenvalue weighted by Gasteiger charge is 2.02. The number of fused-ring (bicyclic) bond motifs is 3. The molecule has 0 amide bonds. The van der Waals surface area contributed by atoms with Gasteiger partial charge in [0, 0.05) is 25.4 Å². The van der Waals surface area contributed by atoms with Crippen molar-refractivity contribution in [1.29, 1.82) is 0 Å². The quantitative estimate of drug-likeness (QED) is 0.606. The minimum Gasteiger partial charge on any atom is -0.355 e. The molecule has 1 aromatic heterocycles. The zero-order valence-electron chi connectivity index (χ0n) is 13.9. The molecule has 3 rings (SSSR count). The summed E-state index contributed by atoms with van der Waals surface area (Å²) in [6.07, 6.45) is 0. The van der Waals surface area contributed by atoms with Crippen molar-refractivity contribution in [1.82, 2.24) is 4.98 Å². The van der Waals surface area contributed by atoms with Gasteiger partial charge in [-0.25, -0.2) is 0 Å². The molecule has 1 heterocycles. The summed E-state index contributed by atoms with van der Waals surface area (Å²) < 4.78 is 55.6. The Labute approximate surface area is 105 Å². The van der Waals surface area contributed by atoms with Gasteiger partial charge in [-0.3, -0.25) is 0 Å². The second kappa shape index (κ2) is 2.98. The van der Waals surface area contributed by atoms with Gasteiger partial charge in [0.2, 0.25) is 0 Å². The van der Waals surface area contributed by atoms with Gasteiger partial charge in [-0.05, 0) is 46.8 Å². The third kappa shape index (κ3) is 1.14. The predicted octanol–water partition coefficient (Wildman–Crippen LogP) is 3.93. The molecule has 14 heavy (non-hydrogen) atoms. The maximum absolute atomic E-state index is 8.13. The lowest BCUT2D eigenvalue weighted by Crippen LogP contribution is -1.69. The number of para-hydroxylation sites is 1. The van der Waals surface area contributed by atoms with Crippen LogP contribution in [-0.4, -0.2) is 4.98 Å². The molecule has 0 spiro atoms. The van der Waals surface area contributed by atoms with Crippen molar-refractivity contribution < 1.29 is 9.60 Å². The average Bonchev–Trinajstić information content (AvgIpc) is 2.87. The minimum absolute atomic E-state index is 0.00267. The molecule has 0 bridgehead atoms. The Balaban J connectivity index is 2.73. The molecular formula is C12H8IN. The van der Waals surface area contributed by atoms with Crippen LogP contribution in [0.5, 0.6) is 0 Å². The summed E-state index contributed by atoms with van der Waals surface area (Å²) in [5.74, 6) is 0. The van der Waals surface area contributed by atoms with Crippen molar-refractivity contribution in [2.45, 2.75) is 0 Å². The molecule has 2 aromatic carbocycles. The molecule has 0 saturated heterocycles. The van der Waals surface area contributed by atoms with Crippen LogP contribution < -0.4 is 0 Å². The molecular weight excluding hydrogens is 285 g/mol. The Morgan fingerprint density at radius 2 is 1.79 bits per heavy atom. The van der Waals surface area contributed by atoms with Crippen molar-refractivity contribution in [2.24, 2.45) is 0 Å². The molecule has 68 valence electrons. The van der Waals surface area contributed by atoms with Gasteiger partial charge in [-0.1, -0.05) is 18.1 Å². The van der Waals surface area contributed by atoms with Crippen LogP contribution in [0.3, 0.4) is 0 Å². The minimum atomic E-state index is -0.371. The first-order valence-electron chi connectivity index (χ1n) is 7.44. The van der Waals surface area contributed by atoms with Crippen LogP contribution in [0.25, 0.3) is 21.8 Å². The fourth-order valence-corrected chi connectivity index (χ4v) is 1.79. The fourth-order valence-electron chi connectivity index (χ4n) is 1.38. The molecule has 3 aromatic rings. The van der Waals surface area contributed by atoms with Gasteiger partial charge in [-0.15, -0.1) is 0 Å². The summed E-state index contributed by atoms with van der Waals surface area (Å²) in [5.41, 5.74) is 0.367. The standard InChI is InChI=1S/C12H8IN/c13-8-5-6-12-10(7-8)9-3-1-2-4-11(9)14-12/h1-7,14H/i1D,2D,3D,4D,5D,6D,7D. The van der Waals surface area contributed by atoms with E-state index in [1.807, 2.05) is 22.6 Å². The van der Waals surface area contributed by atoms with E-state index in [0.29, 0.717) is 3.57 Å². The number of halogens is 1. The third-order valence-electron chi connectivity index (χ3n) is 1.97. The summed E-state index contributed by atoms with van der Waals surface area (Å²) in [7, 11) is 0. The topological polar surface area (TPSA) is 15.8 Å². The first kappa shape index (κ1) is 3.85. The van der Waals surface area contributed by atoms with Crippen LogP contribution in [0.2, 0.25) is 0 Å². The molecule has 1 nitrogen and oxygen atoms in total. The number of benzene rings is 2. The van der Waals surface area contributed by atoms with Crippen molar-refractivity contribution in [2.75, 3.05) is 0 Å². The molecule has 0 saturated carbocycles. The van der Waals surface area contributed by atoms with Gasteiger partial charge in [0.25, 0.3) is 0 Å². The zero-order chi connectivity index (χ0) is 15.6. The Hall–Kier alpha value is -1.03. The summed E-state index contributed by atoms with van der Waals surface area (Å²) in [6, 6.07) is -1.40. The molecule has 2 heteroatoms. The van der Waals surface area contributed by atoms with E-state index >= 15 is 0 Å². The van der Waals surface area contributed by atoms with Crippen LogP contribution in [0.15, 0.2) is 42.3 Å². The van der Waals surface area contributed by atoms with E-state index in [9.17, 15) is 0 Å². The average molecular weight is 300 g/mol. The predicted molar refractivity (Wildman–Crippen MR) is 68.5 cm³/mol. The second-order valence-electron chi connectivity index (χ2n) is 2.81. The maximum atomic E-state index is 8.13. The SMILES string of the molecule is [2H]c1c([2H])c([2H])c2c([nH]c3c([2H])c([2H])c(I)c([2H])c32)c1[2H]. The summed E-state index contributed by atoms with van der Waals surface area (Å²) in [5, 5.41) is 0.467. The van der Waals surface area contributed by atoms with E-state index in [0.717, 1.165) is 0 Å². The van der Waals surface area contributed by atoms with E-state index in [2.05, 4.69) is 4.98 Å². The summed E-state index contributed by atoms with van der Waals surface area (Å²) >= 11 is 1.81. The fraction of sp³-hybridized carbons (Fsp3) is 0. The number of aromatic amines is 1. The molecule has 0 aliphatic rings. The molecule has 0 unspecified atom stereocenters. The van der Waals surface area contributed by atoms with Gasteiger partial charge in [0.05, 0.1) is 9.60 Å². The number of hydrogen-bond acceptors (Lipinski definition) is 0. The highest BCUT2D eigenvalue weighted by Crippen LogP contribution is 2.26.